The van der Waals surface area contributed by atoms with Crippen LogP contribution >= 0.6 is 39.9 Å². The minimum Gasteiger partial charge on any atom is -0.327 e. The van der Waals surface area contributed by atoms with Crippen molar-refractivity contribution in [3.63, 3.8) is 0 Å². The Morgan fingerprint density at radius 3 is 2.68 bits per heavy atom. The van der Waals surface area contributed by atoms with Gasteiger partial charge in [-0.3, -0.25) is 0 Å². The Morgan fingerprint density at radius 1 is 1.42 bits per heavy atom. The van der Waals surface area contributed by atoms with Crippen molar-refractivity contribution in [1.82, 2.24) is 4.31 Å². The number of halogens is 3. The summed E-state index contributed by atoms with van der Waals surface area (Å²) in [5, 5.41) is 0.386. The first kappa shape index (κ1) is 17.2. The lowest BCUT2D eigenvalue weighted by molar-refractivity contribution is 0.316. The van der Waals surface area contributed by atoms with Crippen molar-refractivity contribution in [2.24, 2.45) is 5.73 Å². The van der Waals surface area contributed by atoms with Crippen molar-refractivity contribution in [3.8, 4) is 0 Å². The van der Waals surface area contributed by atoms with Gasteiger partial charge in [-0.05, 0) is 47.0 Å². The molecule has 8 heteroatoms. The molecule has 1 saturated heterocycles. The van der Waals surface area contributed by atoms with Crippen LogP contribution in [-0.4, -0.2) is 31.9 Å². The molecular weight excluding hydrogens is 375 g/mol. The smallest absolute Gasteiger partial charge is 0.243 e. The van der Waals surface area contributed by atoms with Crippen molar-refractivity contribution in [3.05, 3.63) is 27.7 Å². The molecule has 0 amide bonds. The highest BCUT2D eigenvalue weighted by Crippen LogP contribution is 2.27. The first-order chi connectivity index (χ1) is 8.41. The molecule has 2 rings (SSSR count). The van der Waals surface area contributed by atoms with Crippen LogP contribution in [0.3, 0.4) is 0 Å². The molecule has 1 atom stereocenters. The number of hydrogen-bond donors (Lipinski definition) is 1. The van der Waals surface area contributed by atoms with E-state index in [1.54, 1.807) is 12.1 Å². The van der Waals surface area contributed by atoms with Crippen LogP contribution in [0.25, 0.3) is 0 Å². The highest BCUT2D eigenvalue weighted by Gasteiger charge is 2.29. The molecule has 1 unspecified atom stereocenters. The van der Waals surface area contributed by atoms with Crippen LogP contribution < -0.4 is 5.73 Å². The molecule has 2 N–H and O–H groups in total. The fraction of sp³-hybridized carbons (Fsp3) is 0.455. The molecule has 1 aliphatic heterocycles. The molecule has 0 spiro atoms. The van der Waals surface area contributed by atoms with Gasteiger partial charge in [0.2, 0.25) is 10.0 Å². The van der Waals surface area contributed by atoms with Crippen LogP contribution in [0.4, 0.5) is 0 Å². The molecule has 19 heavy (non-hydrogen) atoms. The van der Waals surface area contributed by atoms with Crippen LogP contribution in [0.1, 0.15) is 12.8 Å². The minimum absolute atomic E-state index is 0. The summed E-state index contributed by atoms with van der Waals surface area (Å²) in [4.78, 5) is 0.213. The lowest BCUT2D eigenvalue weighted by atomic mass is 10.1. The van der Waals surface area contributed by atoms with E-state index < -0.39 is 10.0 Å². The Labute approximate surface area is 132 Å². The number of nitrogens with zero attached hydrogens (tertiary/aromatic N) is 1. The van der Waals surface area contributed by atoms with Gasteiger partial charge in [0.1, 0.15) is 0 Å². The van der Waals surface area contributed by atoms with E-state index in [1.165, 1.54) is 10.4 Å². The number of rotatable bonds is 2. The minimum atomic E-state index is -3.49. The molecule has 1 aromatic rings. The quantitative estimate of drug-likeness (QED) is 0.845. The zero-order valence-electron chi connectivity index (χ0n) is 10.1. The van der Waals surface area contributed by atoms with E-state index >= 15 is 0 Å². The van der Waals surface area contributed by atoms with Gasteiger partial charge in [0.15, 0.2) is 0 Å². The summed E-state index contributed by atoms with van der Waals surface area (Å²) < 4.78 is 26.9. The molecule has 1 fully saturated rings. The van der Waals surface area contributed by atoms with Gasteiger partial charge in [-0.1, -0.05) is 11.6 Å². The van der Waals surface area contributed by atoms with Crippen molar-refractivity contribution in [1.29, 1.82) is 0 Å². The van der Waals surface area contributed by atoms with E-state index in [0.717, 1.165) is 12.8 Å². The average Bonchev–Trinajstić information content (AvgIpc) is 2.32. The van der Waals surface area contributed by atoms with E-state index in [1.807, 2.05) is 0 Å². The van der Waals surface area contributed by atoms with E-state index in [9.17, 15) is 8.42 Å². The second kappa shape index (κ2) is 6.74. The predicted molar refractivity (Wildman–Crippen MR) is 82.4 cm³/mol. The first-order valence-corrected chi connectivity index (χ1v) is 8.23. The third kappa shape index (κ3) is 3.83. The van der Waals surface area contributed by atoms with Crippen molar-refractivity contribution in [2.45, 2.75) is 23.8 Å². The van der Waals surface area contributed by atoms with Gasteiger partial charge in [0.25, 0.3) is 0 Å². The van der Waals surface area contributed by atoms with Crippen molar-refractivity contribution < 1.29 is 8.42 Å². The normalized spacial score (nSPS) is 20.9. The molecular formula is C11H15BrCl2N2O2S. The van der Waals surface area contributed by atoms with Crippen LogP contribution in [-0.2, 0) is 10.0 Å². The zero-order chi connectivity index (χ0) is 13.3. The Bertz CT molecular complexity index is 554. The van der Waals surface area contributed by atoms with Crippen LogP contribution in [0.2, 0.25) is 5.02 Å². The summed E-state index contributed by atoms with van der Waals surface area (Å²) in [5.41, 5.74) is 5.81. The maximum atomic E-state index is 12.4. The maximum Gasteiger partial charge on any atom is 0.243 e. The molecule has 0 bridgehead atoms. The monoisotopic (exact) mass is 388 g/mol. The molecule has 1 aromatic carbocycles. The summed E-state index contributed by atoms with van der Waals surface area (Å²) in [6.45, 7) is 0.889. The van der Waals surface area contributed by atoms with E-state index in [0.29, 0.717) is 22.6 Å². The number of benzene rings is 1. The molecule has 1 aliphatic rings. The van der Waals surface area contributed by atoms with Gasteiger partial charge in [-0.15, -0.1) is 12.4 Å². The highest BCUT2D eigenvalue weighted by atomic mass is 79.9. The molecule has 108 valence electrons. The summed E-state index contributed by atoms with van der Waals surface area (Å²) in [6.07, 6.45) is 1.66. The molecule has 0 saturated carbocycles. The maximum absolute atomic E-state index is 12.4. The molecule has 0 aliphatic carbocycles. The number of piperidine rings is 1. The van der Waals surface area contributed by atoms with Crippen LogP contribution in [0.5, 0.6) is 0 Å². The SMILES string of the molecule is Cl.NC1CCCN(S(=O)(=O)c2ccc(Br)c(Cl)c2)C1. The van der Waals surface area contributed by atoms with Crippen LogP contribution in [0, 0.1) is 0 Å². The summed E-state index contributed by atoms with van der Waals surface area (Å²) in [6, 6.07) is 4.56. The Hall–Kier alpha value is 0.150. The van der Waals surface area contributed by atoms with E-state index in [-0.39, 0.29) is 23.3 Å². The van der Waals surface area contributed by atoms with Gasteiger partial charge in [-0.2, -0.15) is 4.31 Å². The largest absolute Gasteiger partial charge is 0.327 e. The Balaban J connectivity index is 0.00000180. The summed E-state index contributed by atoms with van der Waals surface area (Å²) in [5.74, 6) is 0. The summed E-state index contributed by atoms with van der Waals surface area (Å²) >= 11 is 9.17. The Morgan fingerprint density at radius 2 is 2.11 bits per heavy atom. The lowest BCUT2D eigenvalue weighted by Gasteiger charge is -2.29. The number of nitrogens with two attached hydrogens (primary N) is 1. The fourth-order valence-electron chi connectivity index (χ4n) is 1.98. The highest BCUT2D eigenvalue weighted by molar-refractivity contribution is 9.10. The van der Waals surface area contributed by atoms with E-state index in [2.05, 4.69) is 15.9 Å². The molecule has 0 aromatic heterocycles. The molecule has 1 heterocycles. The first-order valence-electron chi connectivity index (χ1n) is 5.62. The lowest BCUT2D eigenvalue weighted by Crippen LogP contribution is -2.45. The van der Waals surface area contributed by atoms with E-state index in [4.69, 9.17) is 17.3 Å². The van der Waals surface area contributed by atoms with Gasteiger partial charge in [0, 0.05) is 23.6 Å². The molecule has 0 radical (unpaired) electrons. The fourth-order valence-corrected chi connectivity index (χ4v) is 4.03. The van der Waals surface area contributed by atoms with Gasteiger partial charge in [0.05, 0.1) is 9.92 Å². The van der Waals surface area contributed by atoms with Crippen molar-refractivity contribution in [2.75, 3.05) is 13.1 Å². The second-order valence-electron chi connectivity index (χ2n) is 4.34. The second-order valence-corrected chi connectivity index (χ2v) is 7.54. The third-order valence-electron chi connectivity index (χ3n) is 2.95. The average molecular weight is 390 g/mol. The summed E-state index contributed by atoms with van der Waals surface area (Å²) in [7, 11) is -3.49. The zero-order valence-corrected chi connectivity index (χ0v) is 14.0. The third-order valence-corrected chi connectivity index (χ3v) is 6.04. The number of hydrogen-bond acceptors (Lipinski definition) is 3. The Kier molecular flexibility index (Phi) is 6.10. The standard InChI is InChI=1S/C11H14BrClN2O2S.ClH/c12-10-4-3-9(6-11(10)13)18(16,17)15-5-1-2-8(14)7-15;/h3-4,6,8H,1-2,5,7,14H2;1H. The topological polar surface area (TPSA) is 63.4 Å². The van der Waals surface area contributed by atoms with Gasteiger partial charge in [-0.25, -0.2) is 8.42 Å². The van der Waals surface area contributed by atoms with Crippen molar-refractivity contribution >= 4 is 50.0 Å². The molecule has 4 nitrogen and oxygen atoms in total. The predicted octanol–water partition coefficient (Wildman–Crippen LogP) is 2.64. The van der Waals surface area contributed by atoms with Crippen LogP contribution in [0.15, 0.2) is 27.6 Å². The van der Waals surface area contributed by atoms with Gasteiger partial charge < -0.3 is 5.73 Å². The number of sulfonamides is 1. The van der Waals surface area contributed by atoms with Gasteiger partial charge >= 0.3 is 0 Å².